The minimum atomic E-state index is -0.336. The molecule has 7 heteroatoms. The van der Waals surface area contributed by atoms with E-state index in [1.807, 2.05) is 36.4 Å². The fourth-order valence-electron chi connectivity index (χ4n) is 3.62. The van der Waals surface area contributed by atoms with Crippen LogP contribution in [-0.4, -0.2) is 41.4 Å². The van der Waals surface area contributed by atoms with Gasteiger partial charge in [0.25, 0.3) is 0 Å². The second-order valence-electron chi connectivity index (χ2n) is 7.00. The molecule has 0 saturated carbocycles. The number of nitrogens with one attached hydrogen (secondary N) is 1. The number of hydrogen-bond donors (Lipinski definition) is 1. The Kier molecular flexibility index (Phi) is 5.00. The molecule has 7 nitrogen and oxygen atoms in total. The van der Waals surface area contributed by atoms with Crippen molar-refractivity contribution in [3.63, 3.8) is 0 Å². The zero-order valence-electron chi connectivity index (χ0n) is 15.2. The van der Waals surface area contributed by atoms with Crippen LogP contribution in [0.25, 0.3) is 0 Å². The lowest BCUT2D eigenvalue weighted by atomic mass is 10.1. The quantitative estimate of drug-likeness (QED) is 0.873. The Morgan fingerprint density at radius 2 is 1.93 bits per heavy atom. The molecule has 4 rings (SSSR count). The van der Waals surface area contributed by atoms with Crippen molar-refractivity contribution < 1.29 is 9.59 Å². The normalized spacial score (nSPS) is 19.6. The lowest BCUT2D eigenvalue weighted by Gasteiger charge is -2.17. The number of benzene rings is 1. The van der Waals surface area contributed by atoms with E-state index in [1.165, 1.54) is 0 Å². The number of para-hydroxylation sites is 1. The second-order valence-corrected chi connectivity index (χ2v) is 7.00. The number of carbonyl (C=O) groups is 2. The Morgan fingerprint density at radius 1 is 1.15 bits per heavy atom. The van der Waals surface area contributed by atoms with Crippen LogP contribution in [0.4, 0.5) is 11.6 Å². The number of nitrogens with zero attached hydrogens (tertiary/aromatic N) is 4. The van der Waals surface area contributed by atoms with Gasteiger partial charge >= 0.3 is 0 Å². The van der Waals surface area contributed by atoms with E-state index in [2.05, 4.69) is 20.2 Å². The van der Waals surface area contributed by atoms with Crippen molar-refractivity contribution in [2.24, 2.45) is 5.92 Å². The van der Waals surface area contributed by atoms with Gasteiger partial charge in [-0.25, -0.2) is 9.97 Å². The topological polar surface area (TPSA) is 78.4 Å². The molecule has 0 aliphatic carbocycles. The van der Waals surface area contributed by atoms with Gasteiger partial charge in [0.2, 0.25) is 17.8 Å². The zero-order chi connectivity index (χ0) is 18.6. The zero-order valence-corrected chi connectivity index (χ0v) is 15.2. The molecule has 2 aliphatic heterocycles. The predicted molar refractivity (Wildman–Crippen MR) is 102 cm³/mol. The molecule has 1 aromatic carbocycles. The third-order valence-corrected chi connectivity index (χ3v) is 5.10. The first kappa shape index (κ1) is 17.5. The summed E-state index contributed by atoms with van der Waals surface area (Å²) in [5, 5.41) is 2.92. The van der Waals surface area contributed by atoms with Crippen LogP contribution in [0.3, 0.4) is 0 Å². The molecule has 0 bridgehead atoms. The van der Waals surface area contributed by atoms with E-state index < -0.39 is 0 Å². The lowest BCUT2D eigenvalue weighted by Crippen LogP contribution is -2.33. The number of hydrogen-bond acceptors (Lipinski definition) is 5. The van der Waals surface area contributed by atoms with Crippen molar-refractivity contribution in [1.82, 2.24) is 15.3 Å². The van der Waals surface area contributed by atoms with Gasteiger partial charge in [-0.05, 0) is 31.0 Å². The van der Waals surface area contributed by atoms with Crippen molar-refractivity contribution in [2.45, 2.75) is 25.8 Å². The third kappa shape index (κ3) is 3.92. The molecule has 1 unspecified atom stereocenters. The molecule has 2 saturated heterocycles. The molecule has 1 aromatic heterocycles. The highest BCUT2D eigenvalue weighted by atomic mass is 16.2. The first-order valence-corrected chi connectivity index (χ1v) is 9.41. The van der Waals surface area contributed by atoms with Crippen LogP contribution >= 0.6 is 0 Å². The highest BCUT2D eigenvalue weighted by Crippen LogP contribution is 2.25. The molecule has 27 heavy (non-hydrogen) atoms. The summed E-state index contributed by atoms with van der Waals surface area (Å²) in [4.78, 5) is 37.5. The Labute approximate surface area is 158 Å². The number of amides is 2. The maximum atomic E-state index is 12.5. The van der Waals surface area contributed by atoms with Crippen LogP contribution in [0, 0.1) is 5.92 Å². The lowest BCUT2D eigenvalue weighted by molar-refractivity contribution is -0.126. The summed E-state index contributed by atoms with van der Waals surface area (Å²) < 4.78 is 0. The van der Waals surface area contributed by atoms with Gasteiger partial charge in [0.15, 0.2) is 0 Å². The molecule has 2 fully saturated rings. The van der Waals surface area contributed by atoms with Crippen LogP contribution in [0.1, 0.15) is 25.0 Å². The van der Waals surface area contributed by atoms with Crippen molar-refractivity contribution in [3.8, 4) is 0 Å². The predicted octanol–water partition coefficient (Wildman–Crippen LogP) is 1.75. The van der Waals surface area contributed by atoms with Crippen LogP contribution in [0.15, 0.2) is 42.6 Å². The van der Waals surface area contributed by atoms with E-state index >= 15 is 0 Å². The van der Waals surface area contributed by atoms with Gasteiger partial charge in [0.1, 0.15) is 0 Å². The highest BCUT2D eigenvalue weighted by molar-refractivity contribution is 6.00. The first-order valence-electron chi connectivity index (χ1n) is 9.41. The molecule has 0 radical (unpaired) electrons. The summed E-state index contributed by atoms with van der Waals surface area (Å²) in [5.41, 5.74) is 1.62. The van der Waals surface area contributed by atoms with E-state index in [0.717, 1.165) is 43.3 Å². The minimum Gasteiger partial charge on any atom is -0.350 e. The Morgan fingerprint density at radius 3 is 2.70 bits per heavy atom. The Balaban J connectivity index is 1.35. The summed E-state index contributed by atoms with van der Waals surface area (Å²) in [6.45, 7) is 2.72. The third-order valence-electron chi connectivity index (χ3n) is 5.10. The fourth-order valence-corrected chi connectivity index (χ4v) is 3.62. The molecule has 0 spiro atoms. The maximum absolute atomic E-state index is 12.5. The second kappa shape index (κ2) is 7.73. The summed E-state index contributed by atoms with van der Waals surface area (Å²) in [6, 6.07) is 11.3. The summed E-state index contributed by atoms with van der Waals surface area (Å²) in [7, 11) is 0. The Bertz CT molecular complexity index is 820. The molecule has 1 N–H and O–H groups in total. The van der Waals surface area contributed by atoms with Gasteiger partial charge < -0.3 is 15.1 Å². The summed E-state index contributed by atoms with van der Waals surface area (Å²) in [6.07, 6.45) is 4.30. The van der Waals surface area contributed by atoms with Crippen LogP contribution < -0.4 is 15.1 Å². The highest BCUT2D eigenvalue weighted by Gasteiger charge is 2.34. The molecular formula is C20H23N5O2. The molecule has 1 atom stereocenters. The number of carbonyl (C=O) groups excluding carboxylic acids is 2. The fraction of sp³-hybridized carbons (Fsp3) is 0.400. The van der Waals surface area contributed by atoms with Gasteiger partial charge in [-0.3, -0.25) is 9.59 Å². The standard InChI is InChI=1S/C20H23N5O2/c26-18-12-15(14-25(18)17-6-2-1-3-7-17)19(27)22-13-16-8-9-21-20(23-16)24-10-4-5-11-24/h1-3,6-9,15H,4-5,10-14H2,(H,22,27). The van der Waals surface area contributed by atoms with E-state index in [4.69, 9.17) is 0 Å². The monoisotopic (exact) mass is 365 g/mol. The summed E-state index contributed by atoms with van der Waals surface area (Å²) in [5.74, 6) is 0.269. The summed E-state index contributed by atoms with van der Waals surface area (Å²) >= 11 is 0. The average Bonchev–Trinajstić information content (AvgIpc) is 3.37. The number of rotatable bonds is 5. The number of aromatic nitrogens is 2. The van der Waals surface area contributed by atoms with Crippen molar-refractivity contribution in [2.75, 3.05) is 29.4 Å². The van der Waals surface area contributed by atoms with E-state index in [9.17, 15) is 9.59 Å². The SMILES string of the molecule is O=C(NCc1ccnc(N2CCCC2)n1)C1CC(=O)N(c2ccccc2)C1. The van der Waals surface area contributed by atoms with Gasteiger partial charge in [0.05, 0.1) is 18.2 Å². The smallest absolute Gasteiger partial charge is 0.227 e. The molecule has 2 aliphatic rings. The van der Waals surface area contributed by atoms with Crippen molar-refractivity contribution in [3.05, 3.63) is 48.3 Å². The van der Waals surface area contributed by atoms with E-state index in [-0.39, 0.29) is 24.2 Å². The van der Waals surface area contributed by atoms with Gasteiger partial charge in [-0.15, -0.1) is 0 Å². The maximum Gasteiger partial charge on any atom is 0.227 e. The molecule has 2 amide bonds. The molecule has 140 valence electrons. The Hall–Kier alpha value is -2.96. The van der Waals surface area contributed by atoms with E-state index in [1.54, 1.807) is 11.1 Å². The van der Waals surface area contributed by atoms with E-state index in [0.29, 0.717) is 13.1 Å². The molecule has 3 heterocycles. The first-order chi connectivity index (χ1) is 13.2. The van der Waals surface area contributed by atoms with Crippen LogP contribution in [-0.2, 0) is 16.1 Å². The van der Waals surface area contributed by atoms with Crippen LogP contribution in [0.5, 0.6) is 0 Å². The number of anilines is 2. The molecular weight excluding hydrogens is 342 g/mol. The average molecular weight is 365 g/mol. The van der Waals surface area contributed by atoms with Gasteiger partial charge in [-0.2, -0.15) is 0 Å². The minimum absolute atomic E-state index is 0.0142. The molecule has 2 aromatic rings. The van der Waals surface area contributed by atoms with Crippen molar-refractivity contribution >= 4 is 23.5 Å². The van der Waals surface area contributed by atoms with Crippen LogP contribution in [0.2, 0.25) is 0 Å². The largest absolute Gasteiger partial charge is 0.350 e. The van der Waals surface area contributed by atoms with Gasteiger partial charge in [0, 0.05) is 37.9 Å². The van der Waals surface area contributed by atoms with Crippen molar-refractivity contribution in [1.29, 1.82) is 0 Å². The van der Waals surface area contributed by atoms with Gasteiger partial charge in [-0.1, -0.05) is 18.2 Å².